The second kappa shape index (κ2) is 9.69. The van der Waals surface area contributed by atoms with Gasteiger partial charge in [-0.3, -0.25) is 4.79 Å². The summed E-state index contributed by atoms with van der Waals surface area (Å²) in [5.74, 6) is 0.636. The molecule has 1 N–H and O–H groups in total. The van der Waals surface area contributed by atoms with Crippen molar-refractivity contribution in [3.63, 3.8) is 0 Å². The van der Waals surface area contributed by atoms with Crippen LogP contribution in [-0.2, 0) is 4.79 Å². The van der Waals surface area contributed by atoms with Crippen LogP contribution in [0.25, 0.3) is 0 Å². The van der Waals surface area contributed by atoms with Crippen molar-refractivity contribution in [3.8, 4) is 5.75 Å². The van der Waals surface area contributed by atoms with Crippen molar-refractivity contribution in [2.75, 3.05) is 6.61 Å². The maximum atomic E-state index is 12.1. The van der Waals surface area contributed by atoms with E-state index >= 15 is 0 Å². The molecule has 0 aliphatic heterocycles. The van der Waals surface area contributed by atoms with Gasteiger partial charge in [-0.1, -0.05) is 30.4 Å². The highest BCUT2D eigenvalue weighted by atomic mass is 32.2. The van der Waals surface area contributed by atoms with E-state index in [1.807, 2.05) is 62.4 Å². The number of carbonyl (C=O) groups is 1. The fourth-order valence-electron chi connectivity index (χ4n) is 1.94. The fraction of sp³-hybridized carbons (Fsp3) is 0.200. The summed E-state index contributed by atoms with van der Waals surface area (Å²) in [5, 5.41) is 3.79. The molecule has 25 heavy (non-hydrogen) atoms. The van der Waals surface area contributed by atoms with Crippen molar-refractivity contribution in [2.45, 2.75) is 24.0 Å². The first kappa shape index (κ1) is 18.8. The summed E-state index contributed by atoms with van der Waals surface area (Å²) in [5.41, 5.74) is 4.66. The largest absolute Gasteiger partial charge is 0.490 e. The molecule has 130 valence electrons. The fourth-order valence-corrected chi connectivity index (χ4v) is 2.80. The summed E-state index contributed by atoms with van der Waals surface area (Å²) in [6.07, 6.45) is 3.30. The topological polar surface area (TPSA) is 50.7 Å². The van der Waals surface area contributed by atoms with Gasteiger partial charge >= 0.3 is 0 Å². The predicted octanol–water partition coefficient (Wildman–Crippen LogP) is 4.19. The summed E-state index contributed by atoms with van der Waals surface area (Å²) >= 11 is 1.51. The van der Waals surface area contributed by atoms with Crippen molar-refractivity contribution >= 4 is 23.9 Å². The Kier molecular flexibility index (Phi) is 7.29. The lowest BCUT2D eigenvalue weighted by Crippen LogP contribution is -2.26. The maximum absolute atomic E-state index is 12.1. The van der Waals surface area contributed by atoms with Crippen LogP contribution < -0.4 is 10.2 Å². The molecule has 0 aliphatic rings. The predicted molar refractivity (Wildman–Crippen MR) is 104 cm³/mol. The molecule has 2 aromatic carbocycles. The Hall–Kier alpha value is -2.53. The molecule has 1 amide bonds. The number of hydrogen-bond donors (Lipinski definition) is 1. The molecule has 0 heterocycles. The van der Waals surface area contributed by atoms with Crippen LogP contribution in [0.1, 0.15) is 18.1 Å². The van der Waals surface area contributed by atoms with Gasteiger partial charge in [0.05, 0.1) is 11.5 Å². The van der Waals surface area contributed by atoms with E-state index in [1.54, 1.807) is 12.3 Å². The van der Waals surface area contributed by atoms with Crippen LogP contribution in [0.15, 0.2) is 71.2 Å². The van der Waals surface area contributed by atoms with Gasteiger partial charge in [-0.05, 0) is 55.8 Å². The van der Waals surface area contributed by atoms with E-state index in [-0.39, 0.29) is 11.2 Å². The lowest BCUT2D eigenvalue weighted by molar-refractivity contribution is -0.120. The van der Waals surface area contributed by atoms with E-state index in [4.69, 9.17) is 4.74 Å². The van der Waals surface area contributed by atoms with Gasteiger partial charge in [0.1, 0.15) is 12.4 Å². The Morgan fingerprint density at radius 3 is 2.56 bits per heavy atom. The number of rotatable bonds is 8. The number of hydrazone groups is 1. The van der Waals surface area contributed by atoms with Crippen LogP contribution in [0.4, 0.5) is 0 Å². The second-order valence-corrected chi connectivity index (χ2v) is 6.89. The third kappa shape index (κ3) is 6.47. The number of aryl methyl sites for hydroxylation is 1. The van der Waals surface area contributed by atoms with Crippen LogP contribution in [0.3, 0.4) is 0 Å². The molecule has 0 spiro atoms. The van der Waals surface area contributed by atoms with Gasteiger partial charge in [0.2, 0.25) is 0 Å². The molecule has 2 rings (SSSR count). The standard InChI is InChI=1S/C20H22N2O2S/c1-4-13-24-18-9-7-17(8-10-18)14-21-22-20(23)16(3)25-19-11-5-15(2)6-12-19/h4-12,14,16H,1,13H2,2-3H3,(H,22,23)/b21-14-/t16-/m1/s1. The number of carbonyl (C=O) groups excluding carboxylic acids is 1. The van der Waals surface area contributed by atoms with Gasteiger partial charge in [0.15, 0.2) is 0 Å². The minimum Gasteiger partial charge on any atom is -0.490 e. The molecule has 0 aromatic heterocycles. The summed E-state index contributed by atoms with van der Waals surface area (Å²) in [6, 6.07) is 15.6. The van der Waals surface area contributed by atoms with E-state index in [0.717, 1.165) is 16.2 Å². The van der Waals surface area contributed by atoms with Gasteiger partial charge in [0, 0.05) is 4.90 Å². The molecular formula is C20H22N2O2S. The number of amides is 1. The van der Waals surface area contributed by atoms with E-state index in [1.165, 1.54) is 17.3 Å². The first-order valence-corrected chi connectivity index (χ1v) is 8.86. The third-order valence-corrected chi connectivity index (χ3v) is 4.45. The van der Waals surface area contributed by atoms with E-state index < -0.39 is 0 Å². The monoisotopic (exact) mass is 354 g/mol. The number of ether oxygens (including phenoxy) is 1. The molecule has 0 fully saturated rings. The van der Waals surface area contributed by atoms with Gasteiger partial charge in [-0.15, -0.1) is 11.8 Å². The second-order valence-electron chi connectivity index (χ2n) is 5.48. The lowest BCUT2D eigenvalue weighted by Gasteiger charge is -2.09. The molecular weight excluding hydrogens is 332 g/mol. The summed E-state index contributed by atoms with van der Waals surface area (Å²) in [6.45, 7) is 7.98. The van der Waals surface area contributed by atoms with Crippen LogP contribution in [0.2, 0.25) is 0 Å². The van der Waals surface area contributed by atoms with E-state index in [9.17, 15) is 4.79 Å². The Balaban J connectivity index is 1.82. The SMILES string of the molecule is C=CCOc1ccc(/C=N\NC(=O)[C@@H](C)Sc2ccc(C)cc2)cc1. The van der Waals surface area contributed by atoms with Gasteiger partial charge in [0.25, 0.3) is 5.91 Å². The Bertz CT molecular complexity index is 724. The Morgan fingerprint density at radius 1 is 1.24 bits per heavy atom. The highest BCUT2D eigenvalue weighted by Gasteiger charge is 2.13. The first-order valence-electron chi connectivity index (χ1n) is 7.98. The third-order valence-electron chi connectivity index (χ3n) is 3.34. The molecule has 0 radical (unpaired) electrons. The minimum atomic E-state index is -0.227. The molecule has 5 heteroatoms. The van der Waals surface area contributed by atoms with Gasteiger partial charge in [-0.25, -0.2) is 5.43 Å². The van der Waals surface area contributed by atoms with Gasteiger partial charge < -0.3 is 4.74 Å². The zero-order valence-electron chi connectivity index (χ0n) is 14.4. The molecule has 0 saturated carbocycles. The minimum absolute atomic E-state index is 0.132. The van der Waals surface area contributed by atoms with E-state index in [0.29, 0.717) is 6.61 Å². The molecule has 4 nitrogen and oxygen atoms in total. The first-order chi connectivity index (χ1) is 12.1. The molecule has 2 aromatic rings. The Labute approximate surface area is 153 Å². The molecule has 0 aliphatic carbocycles. The lowest BCUT2D eigenvalue weighted by atomic mass is 10.2. The van der Waals surface area contributed by atoms with E-state index in [2.05, 4.69) is 17.1 Å². The smallest absolute Gasteiger partial charge is 0.253 e. The maximum Gasteiger partial charge on any atom is 0.253 e. The molecule has 0 saturated heterocycles. The number of nitrogens with one attached hydrogen (secondary N) is 1. The quantitative estimate of drug-likeness (QED) is 0.335. The molecule has 0 bridgehead atoms. The summed E-state index contributed by atoms with van der Waals surface area (Å²) in [7, 11) is 0. The van der Waals surface area contributed by atoms with Crippen LogP contribution in [0, 0.1) is 6.92 Å². The zero-order valence-corrected chi connectivity index (χ0v) is 15.3. The average Bonchev–Trinajstić information content (AvgIpc) is 2.62. The van der Waals surface area contributed by atoms with Crippen molar-refractivity contribution in [1.82, 2.24) is 5.43 Å². The highest BCUT2D eigenvalue weighted by molar-refractivity contribution is 8.00. The normalized spacial score (nSPS) is 11.9. The number of hydrogen-bond acceptors (Lipinski definition) is 4. The molecule has 0 unspecified atom stereocenters. The summed E-state index contributed by atoms with van der Waals surface area (Å²) in [4.78, 5) is 13.2. The average molecular weight is 354 g/mol. The molecule has 1 atom stereocenters. The number of thioether (sulfide) groups is 1. The number of nitrogens with zero attached hydrogens (tertiary/aromatic N) is 1. The van der Waals surface area contributed by atoms with Gasteiger partial charge in [-0.2, -0.15) is 5.10 Å². The van der Waals surface area contributed by atoms with Crippen molar-refractivity contribution < 1.29 is 9.53 Å². The van der Waals surface area contributed by atoms with Crippen molar-refractivity contribution in [2.24, 2.45) is 5.10 Å². The highest BCUT2D eigenvalue weighted by Crippen LogP contribution is 2.23. The van der Waals surface area contributed by atoms with Crippen LogP contribution in [-0.4, -0.2) is 24.0 Å². The number of benzene rings is 2. The van der Waals surface area contributed by atoms with Crippen LogP contribution in [0.5, 0.6) is 5.75 Å². The Morgan fingerprint density at radius 2 is 1.92 bits per heavy atom. The zero-order chi connectivity index (χ0) is 18.1. The van der Waals surface area contributed by atoms with Crippen molar-refractivity contribution in [3.05, 3.63) is 72.3 Å². The van der Waals surface area contributed by atoms with Crippen LogP contribution >= 0.6 is 11.8 Å². The summed E-state index contributed by atoms with van der Waals surface area (Å²) < 4.78 is 5.41. The van der Waals surface area contributed by atoms with Crippen molar-refractivity contribution in [1.29, 1.82) is 0 Å².